The molecular formula is C16H19FN6O2S. The number of carbonyl (C=O) groups is 2. The Morgan fingerprint density at radius 2 is 2.12 bits per heavy atom. The SMILES string of the molecule is Cc1c(F)cc(C(N)=O)cc1NC(=O)CSc1nnnn1C1CCCC1. The van der Waals surface area contributed by atoms with E-state index < -0.39 is 11.7 Å². The molecule has 0 bridgehead atoms. The fraction of sp³-hybridized carbons (Fsp3) is 0.438. The minimum absolute atomic E-state index is 0.00114. The average Bonchev–Trinajstić information content (AvgIpc) is 3.27. The predicted molar refractivity (Wildman–Crippen MR) is 94.3 cm³/mol. The highest BCUT2D eigenvalue weighted by atomic mass is 32.2. The molecule has 2 amide bonds. The number of nitrogens with zero attached hydrogens (tertiary/aromatic N) is 4. The van der Waals surface area contributed by atoms with Crippen LogP contribution in [0.2, 0.25) is 0 Å². The van der Waals surface area contributed by atoms with Crippen LogP contribution in [-0.4, -0.2) is 37.8 Å². The summed E-state index contributed by atoms with van der Waals surface area (Å²) in [6.45, 7) is 1.52. The van der Waals surface area contributed by atoms with Crippen molar-refractivity contribution < 1.29 is 14.0 Å². The highest BCUT2D eigenvalue weighted by Gasteiger charge is 2.22. The smallest absolute Gasteiger partial charge is 0.248 e. The molecule has 0 saturated heterocycles. The van der Waals surface area contributed by atoms with Crippen molar-refractivity contribution in [2.24, 2.45) is 5.73 Å². The van der Waals surface area contributed by atoms with Gasteiger partial charge >= 0.3 is 0 Å². The zero-order chi connectivity index (χ0) is 18.7. The van der Waals surface area contributed by atoms with E-state index in [1.54, 1.807) is 4.68 Å². The lowest BCUT2D eigenvalue weighted by Crippen LogP contribution is -2.18. The Morgan fingerprint density at radius 1 is 1.38 bits per heavy atom. The fourth-order valence-electron chi connectivity index (χ4n) is 2.93. The molecule has 0 spiro atoms. The second-order valence-electron chi connectivity index (χ2n) is 6.18. The van der Waals surface area contributed by atoms with Gasteiger partial charge in [-0.05, 0) is 42.3 Å². The van der Waals surface area contributed by atoms with E-state index in [-0.39, 0.29) is 34.5 Å². The quantitative estimate of drug-likeness (QED) is 0.744. The van der Waals surface area contributed by atoms with Crippen molar-refractivity contribution in [1.82, 2.24) is 20.2 Å². The van der Waals surface area contributed by atoms with Gasteiger partial charge in [-0.3, -0.25) is 9.59 Å². The largest absolute Gasteiger partial charge is 0.366 e. The van der Waals surface area contributed by atoms with Crippen LogP contribution in [0.5, 0.6) is 0 Å². The van der Waals surface area contributed by atoms with E-state index in [1.807, 2.05) is 0 Å². The average molecular weight is 378 g/mol. The maximum atomic E-state index is 13.9. The molecule has 3 rings (SSSR count). The topological polar surface area (TPSA) is 116 Å². The first-order chi connectivity index (χ1) is 12.5. The summed E-state index contributed by atoms with van der Waals surface area (Å²) in [6.07, 6.45) is 4.36. The summed E-state index contributed by atoms with van der Waals surface area (Å²) >= 11 is 1.22. The van der Waals surface area contributed by atoms with E-state index in [0.717, 1.165) is 31.7 Å². The predicted octanol–water partition coefficient (Wildman–Crippen LogP) is 2.07. The normalized spacial score (nSPS) is 14.5. The van der Waals surface area contributed by atoms with Crippen molar-refractivity contribution >= 4 is 29.3 Å². The van der Waals surface area contributed by atoms with Crippen LogP contribution in [0.25, 0.3) is 0 Å². The lowest BCUT2D eigenvalue weighted by atomic mass is 10.1. The van der Waals surface area contributed by atoms with E-state index >= 15 is 0 Å². The molecule has 0 aliphatic heterocycles. The monoisotopic (exact) mass is 378 g/mol. The Morgan fingerprint density at radius 3 is 2.81 bits per heavy atom. The molecule has 1 aromatic heterocycles. The third kappa shape index (κ3) is 4.01. The second kappa shape index (κ2) is 7.81. The molecule has 1 aromatic carbocycles. The van der Waals surface area contributed by atoms with E-state index in [9.17, 15) is 14.0 Å². The number of anilines is 1. The molecule has 1 aliphatic carbocycles. The first-order valence-corrected chi connectivity index (χ1v) is 9.24. The Bertz CT molecular complexity index is 834. The molecule has 2 aromatic rings. The van der Waals surface area contributed by atoms with Crippen LogP contribution in [0.1, 0.15) is 47.6 Å². The number of thioether (sulfide) groups is 1. The van der Waals surface area contributed by atoms with Gasteiger partial charge in [0.2, 0.25) is 17.0 Å². The highest BCUT2D eigenvalue weighted by molar-refractivity contribution is 7.99. The van der Waals surface area contributed by atoms with Gasteiger partial charge in [-0.1, -0.05) is 24.6 Å². The van der Waals surface area contributed by atoms with Crippen molar-refractivity contribution in [2.45, 2.75) is 43.8 Å². The maximum absolute atomic E-state index is 13.9. The number of rotatable bonds is 6. The molecule has 1 heterocycles. The van der Waals surface area contributed by atoms with E-state index in [2.05, 4.69) is 20.8 Å². The van der Waals surface area contributed by atoms with Gasteiger partial charge in [0, 0.05) is 16.8 Å². The van der Waals surface area contributed by atoms with Crippen molar-refractivity contribution in [3.05, 3.63) is 29.1 Å². The number of hydrogen-bond donors (Lipinski definition) is 2. The zero-order valence-electron chi connectivity index (χ0n) is 14.2. The minimum atomic E-state index is -0.760. The number of nitrogens with two attached hydrogens (primary N) is 1. The van der Waals surface area contributed by atoms with Crippen molar-refractivity contribution in [2.75, 3.05) is 11.1 Å². The summed E-state index contributed by atoms with van der Waals surface area (Å²) in [5.74, 6) is -1.64. The van der Waals surface area contributed by atoms with Gasteiger partial charge in [0.25, 0.3) is 0 Å². The summed E-state index contributed by atoms with van der Waals surface area (Å²) in [4.78, 5) is 23.5. The molecule has 138 valence electrons. The van der Waals surface area contributed by atoms with Crippen LogP contribution in [0.3, 0.4) is 0 Å². The molecule has 0 atom stereocenters. The van der Waals surface area contributed by atoms with Crippen LogP contribution in [0, 0.1) is 12.7 Å². The number of carbonyl (C=O) groups excluding carboxylic acids is 2. The Hall–Kier alpha value is -2.49. The molecule has 1 aliphatic rings. The summed E-state index contributed by atoms with van der Waals surface area (Å²) in [7, 11) is 0. The Balaban J connectivity index is 1.65. The first kappa shape index (κ1) is 18.3. The lowest BCUT2D eigenvalue weighted by Gasteiger charge is -2.12. The maximum Gasteiger partial charge on any atom is 0.248 e. The third-order valence-electron chi connectivity index (χ3n) is 4.37. The van der Waals surface area contributed by atoms with Gasteiger partial charge in [0.05, 0.1) is 11.8 Å². The van der Waals surface area contributed by atoms with Crippen LogP contribution < -0.4 is 11.1 Å². The van der Waals surface area contributed by atoms with E-state index in [4.69, 9.17) is 5.73 Å². The number of halogens is 1. The second-order valence-corrected chi connectivity index (χ2v) is 7.12. The number of amides is 2. The number of nitrogens with one attached hydrogen (secondary N) is 1. The van der Waals surface area contributed by atoms with Crippen LogP contribution >= 0.6 is 11.8 Å². The number of hydrogen-bond acceptors (Lipinski definition) is 6. The molecule has 8 nitrogen and oxygen atoms in total. The van der Waals surface area contributed by atoms with Gasteiger partial charge in [0.1, 0.15) is 5.82 Å². The van der Waals surface area contributed by atoms with Crippen LogP contribution in [-0.2, 0) is 4.79 Å². The first-order valence-electron chi connectivity index (χ1n) is 8.26. The molecule has 3 N–H and O–H groups in total. The number of tetrazole rings is 1. The minimum Gasteiger partial charge on any atom is -0.366 e. The zero-order valence-corrected chi connectivity index (χ0v) is 15.1. The Labute approximate surface area is 153 Å². The van der Waals surface area contributed by atoms with Gasteiger partial charge in [0.15, 0.2) is 0 Å². The van der Waals surface area contributed by atoms with Gasteiger partial charge in [-0.25, -0.2) is 9.07 Å². The lowest BCUT2D eigenvalue weighted by molar-refractivity contribution is -0.113. The van der Waals surface area contributed by atoms with Crippen molar-refractivity contribution in [3.63, 3.8) is 0 Å². The third-order valence-corrected chi connectivity index (χ3v) is 5.30. The van der Waals surface area contributed by atoms with E-state index in [1.165, 1.54) is 24.8 Å². The number of primary amides is 1. The summed E-state index contributed by atoms with van der Waals surface area (Å²) < 4.78 is 15.7. The molecule has 10 heteroatoms. The molecule has 0 radical (unpaired) electrons. The summed E-state index contributed by atoms with van der Waals surface area (Å²) in [6, 6.07) is 2.70. The molecule has 1 fully saturated rings. The number of aromatic nitrogens is 4. The molecule has 0 unspecified atom stereocenters. The van der Waals surface area contributed by atoms with Gasteiger partial charge < -0.3 is 11.1 Å². The molecule has 26 heavy (non-hydrogen) atoms. The summed E-state index contributed by atoms with van der Waals surface area (Å²) in [5, 5.41) is 14.9. The van der Waals surface area contributed by atoms with Gasteiger partial charge in [-0.15, -0.1) is 5.10 Å². The highest BCUT2D eigenvalue weighted by Crippen LogP contribution is 2.31. The van der Waals surface area contributed by atoms with E-state index in [0.29, 0.717) is 5.16 Å². The molecular weight excluding hydrogens is 359 g/mol. The number of benzene rings is 1. The summed E-state index contributed by atoms with van der Waals surface area (Å²) in [5.41, 5.74) is 5.65. The van der Waals surface area contributed by atoms with Crippen molar-refractivity contribution in [1.29, 1.82) is 0 Å². The standard InChI is InChI=1S/C16H19FN6O2S/c1-9-12(17)6-10(15(18)25)7-13(9)19-14(24)8-26-16-20-21-22-23(16)11-4-2-3-5-11/h6-7,11H,2-5,8H2,1H3,(H2,18,25)(H,19,24). The molecule has 1 saturated carbocycles. The van der Waals surface area contributed by atoms with Crippen LogP contribution in [0.4, 0.5) is 10.1 Å². The van der Waals surface area contributed by atoms with Crippen LogP contribution in [0.15, 0.2) is 17.3 Å². The van der Waals surface area contributed by atoms with Gasteiger partial charge in [-0.2, -0.15) is 0 Å². The van der Waals surface area contributed by atoms with Crippen molar-refractivity contribution in [3.8, 4) is 0 Å². The fourth-order valence-corrected chi connectivity index (χ4v) is 3.67. The Kier molecular flexibility index (Phi) is 5.50.